The second-order valence-electron chi connectivity index (χ2n) is 5.32. The second kappa shape index (κ2) is 6.51. The van der Waals surface area contributed by atoms with Gasteiger partial charge < -0.3 is 10.1 Å². The molecule has 0 fully saturated rings. The minimum absolute atomic E-state index is 0.0711. The van der Waals surface area contributed by atoms with Gasteiger partial charge in [0.2, 0.25) is 11.8 Å². The van der Waals surface area contributed by atoms with E-state index in [4.69, 9.17) is 4.74 Å². The molecule has 0 aliphatic carbocycles. The molecule has 0 atom stereocenters. The summed E-state index contributed by atoms with van der Waals surface area (Å²) < 4.78 is 9.15. The Bertz CT molecular complexity index is 821. The van der Waals surface area contributed by atoms with E-state index in [1.54, 1.807) is 28.7 Å². The smallest absolute Gasteiger partial charge is 0.240 e. The molecule has 0 radical (unpaired) electrons. The van der Waals surface area contributed by atoms with E-state index in [0.29, 0.717) is 31.1 Å². The Kier molecular flexibility index (Phi) is 4.27. The van der Waals surface area contributed by atoms with Crippen LogP contribution in [0.4, 0.5) is 5.82 Å². The number of anilines is 1. The number of carbonyl (C=O) groups is 1. The summed E-state index contributed by atoms with van der Waals surface area (Å²) in [6.07, 6.45) is 2.77. The molecule has 0 saturated carbocycles. The molecule has 1 N–H and O–H groups in total. The molecule has 0 unspecified atom stereocenters. The Hall–Kier alpha value is -2.83. The number of hydrogen-bond acceptors (Lipinski definition) is 4. The van der Waals surface area contributed by atoms with Crippen molar-refractivity contribution in [3.8, 4) is 5.88 Å². The fourth-order valence-electron chi connectivity index (χ4n) is 2.38. The van der Waals surface area contributed by atoms with Crippen LogP contribution in [0.15, 0.2) is 36.5 Å². The summed E-state index contributed by atoms with van der Waals surface area (Å²) in [5, 5.41) is 12.2. The van der Waals surface area contributed by atoms with Crippen molar-refractivity contribution in [2.45, 2.75) is 12.8 Å². The van der Waals surface area contributed by atoms with Gasteiger partial charge in [0.1, 0.15) is 0 Å². The number of hydrogen-bond donors (Lipinski definition) is 1. The molecule has 1 aromatic carbocycles. The van der Waals surface area contributed by atoms with E-state index >= 15 is 0 Å². The minimum atomic E-state index is -0.0711. The Balaban J connectivity index is 1.48. The molecule has 2 heterocycles. The lowest BCUT2D eigenvalue weighted by atomic mass is 10.2. The van der Waals surface area contributed by atoms with Gasteiger partial charge in [-0.1, -0.05) is 12.1 Å². The molecule has 3 aromatic rings. The maximum absolute atomic E-state index is 11.8. The number of nitrogens with zero attached hydrogens (tertiary/aromatic N) is 4. The molecular weight excluding hydrogens is 294 g/mol. The predicted octanol–water partition coefficient (Wildman–Crippen LogP) is 2.10. The fraction of sp³-hybridized carbons (Fsp3) is 0.312. The van der Waals surface area contributed by atoms with Crippen LogP contribution in [0.3, 0.4) is 0 Å². The highest BCUT2D eigenvalue weighted by atomic mass is 16.5. The average molecular weight is 313 g/mol. The molecule has 23 heavy (non-hydrogen) atoms. The number of nitrogens with one attached hydrogen (secondary N) is 1. The van der Waals surface area contributed by atoms with Crippen molar-refractivity contribution in [3.63, 3.8) is 0 Å². The highest BCUT2D eigenvalue weighted by Crippen LogP contribution is 2.23. The van der Waals surface area contributed by atoms with Crippen molar-refractivity contribution < 1.29 is 9.53 Å². The van der Waals surface area contributed by atoms with Crippen LogP contribution in [-0.2, 0) is 18.9 Å². The zero-order valence-corrected chi connectivity index (χ0v) is 13.2. The van der Waals surface area contributed by atoms with Crippen LogP contribution in [0, 0.1) is 0 Å². The van der Waals surface area contributed by atoms with Gasteiger partial charge in [-0.3, -0.25) is 14.2 Å². The third kappa shape index (κ3) is 3.50. The molecule has 7 heteroatoms. The van der Waals surface area contributed by atoms with E-state index in [1.165, 1.54) is 0 Å². The SMILES string of the molecule is Cn1ccc(NC(=O)CCCOc2nn(C)c3ccccc23)n1. The van der Waals surface area contributed by atoms with E-state index in [2.05, 4.69) is 15.5 Å². The molecular formula is C16H19N5O2. The number of aromatic nitrogens is 4. The molecule has 0 aliphatic heterocycles. The van der Waals surface area contributed by atoms with Gasteiger partial charge in [-0.05, 0) is 18.6 Å². The van der Waals surface area contributed by atoms with E-state index in [9.17, 15) is 4.79 Å². The summed E-state index contributed by atoms with van der Waals surface area (Å²) in [5.41, 5.74) is 1.02. The maximum Gasteiger partial charge on any atom is 0.240 e. The van der Waals surface area contributed by atoms with Crippen LogP contribution in [0.2, 0.25) is 0 Å². The summed E-state index contributed by atoms with van der Waals surface area (Å²) in [7, 11) is 3.69. The molecule has 0 spiro atoms. The van der Waals surface area contributed by atoms with Gasteiger partial charge in [0.05, 0.1) is 17.5 Å². The summed E-state index contributed by atoms with van der Waals surface area (Å²) in [6.45, 7) is 0.441. The van der Waals surface area contributed by atoms with E-state index < -0.39 is 0 Å². The van der Waals surface area contributed by atoms with E-state index in [-0.39, 0.29) is 5.91 Å². The Labute approximate surface area is 133 Å². The minimum Gasteiger partial charge on any atom is -0.476 e. The van der Waals surface area contributed by atoms with E-state index in [1.807, 2.05) is 31.3 Å². The van der Waals surface area contributed by atoms with Crippen molar-refractivity contribution >= 4 is 22.6 Å². The third-order valence-corrected chi connectivity index (χ3v) is 3.49. The number of fused-ring (bicyclic) bond motifs is 1. The first kappa shape index (κ1) is 15.1. The summed E-state index contributed by atoms with van der Waals surface area (Å²) in [4.78, 5) is 11.8. The largest absolute Gasteiger partial charge is 0.476 e. The molecule has 3 rings (SSSR count). The van der Waals surface area contributed by atoms with Gasteiger partial charge in [-0.2, -0.15) is 5.10 Å². The zero-order valence-electron chi connectivity index (χ0n) is 13.2. The normalized spacial score (nSPS) is 10.9. The zero-order chi connectivity index (χ0) is 16.2. The molecule has 0 bridgehead atoms. The van der Waals surface area contributed by atoms with Gasteiger partial charge in [-0.15, -0.1) is 5.10 Å². The predicted molar refractivity (Wildman–Crippen MR) is 87.3 cm³/mol. The van der Waals surface area contributed by atoms with Crippen molar-refractivity contribution in [3.05, 3.63) is 36.5 Å². The molecule has 0 saturated heterocycles. The van der Waals surface area contributed by atoms with Gasteiger partial charge in [0.15, 0.2) is 5.82 Å². The second-order valence-corrected chi connectivity index (χ2v) is 5.32. The Morgan fingerprint density at radius 3 is 2.83 bits per heavy atom. The lowest BCUT2D eigenvalue weighted by Crippen LogP contribution is -2.13. The molecule has 120 valence electrons. The first-order valence-electron chi connectivity index (χ1n) is 7.47. The van der Waals surface area contributed by atoms with Crippen LogP contribution in [-0.4, -0.2) is 32.1 Å². The topological polar surface area (TPSA) is 74.0 Å². The first-order valence-corrected chi connectivity index (χ1v) is 7.47. The quantitative estimate of drug-likeness (QED) is 0.707. The summed E-state index contributed by atoms with van der Waals surface area (Å²) in [6, 6.07) is 9.66. The fourth-order valence-corrected chi connectivity index (χ4v) is 2.38. The number of para-hydroxylation sites is 1. The molecule has 1 amide bonds. The first-order chi connectivity index (χ1) is 11.1. The van der Waals surface area contributed by atoms with Crippen LogP contribution in [0.25, 0.3) is 10.9 Å². The highest BCUT2D eigenvalue weighted by Gasteiger charge is 2.09. The molecule has 0 aliphatic rings. The Morgan fingerprint density at radius 1 is 1.22 bits per heavy atom. The van der Waals surface area contributed by atoms with Gasteiger partial charge in [0, 0.05) is 32.8 Å². The van der Waals surface area contributed by atoms with Crippen molar-refractivity contribution in [1.82, 2.24) is 19.6 Å². The summed E-state index contributed by atoms with van der Waals surface area (Å²) in [5.74, 6) is 1.10. The monoisotopic (exact) mass is 313 g/mol. The van der Waals surface area contributed by atoms with Crippen LogP contribution in [0.1, 0.15) is 12.8 Å². The highest BCUT2D eigenvalue weighted by molar-refractivity contribution is 5.89. The number of aryl methyl sites for hydroxylation is 2. The van der Waals surface area contributed by atoms with Crippen molar-refractivity contribution in [2.24, 2.45) is 14.1 Å². The number of rotatable bonds is 6. The van der Waals surface area contributed by atoms with Crippen molar-refractivity contribution in [1.29, 1.82) is 0 Å². The van der Waals surface area contributed by atoms with Crippen LogP contribution in [0.5, 0.6) is 5.88 Å². The number of amides is 1. The number of carbonyl (C=O) groups excluding carboxylic acids is 1. The lowest BCUT2D eigenvalue weighted by molar-refractivity contribution is -0.116. The van der Waals surface area contributed by atoms with Gasteiger partial charge in [-0.25, -0.2) is 0 Å². The number of ether oxygens (including phenoxy) is 1. The average Bonchev–Trinajstić information content (AvgIpc) is 3.08. The maximum atomic E-state index is 11.8. The van der Waals surface area contributed by atoms with Gasteiger partial charge in [0.25, 0.3) is 0 Å². The third-order valence-electron chi connectivity index (χ3n) is 3.49. The lowest BCUT2D eigenvalue weighted by Gasteiger charge is -2.04. The Morgan fingerprint density at radius 2 is 2.04 bits per heavy atom. The van der Waals surface area contributed by atoms with Gasteiger partial charge >= 0.3 is 0 Å². The number of benzene rings is 1. The van der Waals surface area contributed by atoms with Crippen molar-refractivity contribution in [2.75, 3.05) is 11.9 Å². The molecule has 2 aromatic heterocycles. The van der Waals surface area contributed by atoms with Crippen LogP contribution < -0.4 is 10.1 Å². The van der Waals surface area contributed by atoms with Crippen LogP contribution >= 0.6 is 0 Å². The summed E-state index contributed by atoms with van der Waals surface area (Å²) >= 11 is 0. The molecule has 7 nitrogen and oxygen atoms in total. The van der Waals surface area contributed by atoms with E-state index in [0.717, 1.165) is 10.9 Å². The standard InChI is InChI=1S/C16H19N5O2/c1-20-10-9-14(18-20)17-15(22)8-5-11-23-16-12-6-3-4-7-13(12)21(2)19-16/h3-4,6-7,9-10H,5,8,11H2,1-2H3,(H,17,18,22).